The summed E-state index contributed by atoms with van der Waals surface area (Å²) >= 11 is 0. The van der Waals surface area contributed by atoms with Gasteiger partial charge in [0.05, 0.1) is 0 Å². The highest BCUT2D eigenvalue weighted by molar-refractivity contribution is 5.81. The van der Waals surface area contributed by atoms with Crippen molar-refractivity contribution in [2.24, 2.45) is 5.73 Å². The summed E-state index contributed by atoms with van der Waals surface area (Å²) in [5, 5.41) is 2.56. The van der Waals surface area contributed by atoms with Crippen molar-refractivity contribution in [1.82, 2.24) is 10.2 Å². The van der Waals surface area contributed by atoms with Crippen LogP contribution in [0.15, 0.2) is 48.5 Å². The van der Waals surface area contributed by atoms with Crippen LogP contribution in [0, 0.1) is 0 Å². The number of benzene rings is 2. The van der Waals surface area contributed by atoms with Gasteiger partial charge in [-0.2, -0.15) is 0 Å². The van der Waals surface area contributed by atoms with Crippen LogP contribution < -0.4 is 11.1 Å². The summed E-state index contributed by atoms with van der Waals surface area (Å²) in [5.74, 6) is -0.766. The molecule has 0 spiro atoms. The fourth-order valence-corrected chi connectivity index (χ4v) is 3.72. The van der Waals surface area contributed by atoms with E-state index < -0.39 is 23.7 Å². The Bertz CT molecular complexity index is 954. The van der Waals surface area contributed by atoms with Crippen LogP contribution in [0.4, 0.5) is 9.59 Å². The van der Waals surface area contributed by atoms with E-state index in [-0.39, 0.29) is 32.2 Å². The van der Waals surface area contributed by atoms with Gasteiger partial charge in [0.15, 0.2) is 0 Å². The van der Waals surface area contributed by atoms with Gasteiger partial charge >= 0.3 is 12.2 Å². The van der Waals surface area contributed by atoms with E-state index in [0.717, 1.165) is 22.3 Å². The number of nitrogens with one attached hydrogen (secondary N) is 1. The van der Waals surface area contributed by atoms with E-state index >= 15 is 0 Å². The lowest BCUT2D eigenvalue weighted by Crippen LogP contribution is -2.44. The highest BCUT2D eigenvalue weighted by Gasteiger charge is 2.30. The zero-order chi connectivity index (χ0) is 23.3. The van der Waals surface area contributed by atoms with Crippen molar-refractivity contribution >= 4 is 18.1 Å². The van der Waals surface area contributed by atoms with Crippen LogP contribution in [-0.2, 0) is 14.3 Å². The standard InChI is InChI=1S/C24H29N3O5/c1-24(2,3)32-22(29)26-12-13-27(14-21(25)28)23(30)31-15-20-18-10-6-4-8-16(18)17-9-5-7-11-19(17)20/h4-11,20H,12-15H2,1-3H3,(H2,25,28)(H,26,29). The van der Waals surface area contributed by atoms with E-state index in [9.17, 15) is 14.4 Å². The van der Waals surface area contributed by atoms with Crippen LogP contribution in [0.25, 0.3) is 11.1 Å². The lowest BCUT2D eigenvalue weighted by molar-refractivity contribution is -0.118. The van der Waals surface area contributed by atoms with Gasteiger partial charge in [-0.25, -0.2) is 9.59 Å². The Morgan fingerprint density at radius 3 is 2.09 bits per heavy atom. The molecule has 0 aliphatic heterocycles. The molecule has 1 aliphatic rings. The van der Waals surface area contributed by atoms with E-state index in [4.69, 9.17) is 15.2 Å². The quantitative estimate of drug-likeness (QED) is 0.688. The molecule has 0 saturated heterocycles. The molecule has 3 rings (SSSR count). The Balaban J connectivity index is 1.62. The fourth-order valence-electron chi connectivity index (χ4n) is 3.72. The first kappa shape index (κ1) is 23.1. The minimum atomic E-state index is -0.671. The maximum atomic E-state index is 12.7. The summed E-state index contributed by atoms with van der Waals surface area (Å²) < 4.78 is 10.7. The SMILES string of the molecule is CC(C)(C)OC(=O)NCCN(CC(N)=O)C(=O)OCC1c2ccccc2-c2ccccc21. The summed E-state index contributed by atoms with van der Waals surface area (Å²) in [7, 11) is 0. The van der Waals surface area contributed by atoms with Gasteiger partial charge in [0, 0.05) is 19.0 Å². The lowest BCUT2D eigenvalue weighted by atomic mass is 9.98. The van der Waals surface area contributed by atoms with E-state index in [1.165, 1.54) is 4.90 Å². The number of rotatable bonds is 7. The molecule has 0 saturated carbocycles. The third-order valence-corrected chi connectivity index (χ3v) is 4.99. The van der Waals surface area contributed by atoms with Crippen molar-refractivity contribution in [1.29, 1.82) is 0 Å². The first-order valence-electron chi connectivity index (χ1n) is 10.5. The molecule has 3 amide bonds. The molecule has 0 unspecified atom stereocenters. The molecule has 0 bridgehead atoms. The van der Waals surface area contributed by atoms with Crippen LogP contribution in [0.2, 0.25) is 0 Å². The third-order valence-electron chi connectivity index (χ3n) is 4.99. The average molecular weight is 440 g/mol. The molecular weight excluding hydrogens is 410 g/mol. The molecule has 2 aromatic carbocycles. The Kier molecular flexibility index (Phi) is 7.02. The van der Waals surface area contributed by atoms with Gasteiger partial charge in [0.1, 0.15) is 18.8 Å². The predicted octanol–water partition coefficient (Wildman–Crippen LogP) is 3.25. The first-order chi connectivity index (χ1) is 15.2. The van der Waals surface area contributed by atoms with Gasteiger partial charge in [0.2, 0.25) is 5.91 Å². The van der Waals surface area contributed by atoms with Crippen LogP contribution in [0.3, 0.4) is 0 Å². The van der Waals surface area contributed by atoms with Crippen molar-refractivity contribution in [3.63, 3.8) is 0 Å². The van der Waals surface area contributed by atoms with Gasteiger partial charge in [-0.1, -0.05) is 48.5 Å². The van der Waals surface area contributed by atoms with Crippen LogP contribution in [0.1, 0.15) is 37.8 Å². The summed E-state index contributed by atoms with van der Waals surface area (Å²) in [6.45, 7) is 5.22. The van der Waals surface area contributed by atoms with Crippen LogP contribution >= 0.6 is 0 Å². The number of hydrogen-bond acceptors (Lipinski definition) is 5. The molecule has 0 radical (unpaired) electrons. The van der Waals surface area contributed by atoms with Crippen molar-refractivity contribution < 1.29 is 23.9 Å². The molecular formula is C24H29N3O5. The normalized spacial score (nSPS) is 12.5. The van der Waals surface area contributed by atoms with E-state index in [1.807, 2.05) is 36.4 Å². The van der Waals surface area contributed by atoms with Crippen molar-refractivity contribution in [3.8, 4) is 11.1 Å². The molecule has 2 aromatic rings. The monoisotopic (exact) mass is 439 g/mol. The summed E-state index contributed by atoms with van der Waals surface area (Å²) in [6.07, 6.45) is -1.28. The second kappa shape index (κ2) is 9.72. The maximum Gasteiger partial charge on any atom is 0.410 e. The zero-order valence-corrected chi connectivity index (χ0v) is 18.6. The molecule has 8 heteroatoms. The van der Waals surface area contributed by atoms with Gasteiger partial charge in [-0.05, 0) is 43.0 Å². The fraction of sp³-hybridized carbons (Fsp3) is 0.375. The highest BCUT2D eigenvalue weighted by Crippen LogP contribution is 2.44. The van der Waals surface area contributed by atoms with Crippen molar-refractivity contribution in [3.05, 3.63) is 59.7 Å². The van der Waals surface area contributed by atoms with E-state index in [1.54, 1.807) is 20.8 Å². The Morgan fingerprint density at radius 2 is 1.56 bits per heavy atom. The second-order valence-electron chi connectivity index (χ2n) is 8.62. The number of carbonyl (C=O) groups is 3. The van der Waals surface area contributed by atoms with Gasteiger partial charge < -0.3 is 20.5 Å². The summed E-state index contributed by atoms with van der Waals surface area (Å²) in [5.41, 5.74) is 9.09. The van der Waals surface area contributed by atoms with Gasteiger partial charge in [-0.15, -0.1) is 0 Å². The summed E-state index contributed by atoms with van der Waals surface area (Å²) in [4.78, 5) is 37.1. The third kappa shape index (κ3) is 5.78. The number of nitrogens with zero attached hydrogens (tertiary/aromatic N) is 1. The van der Waals surface area contributed by atoms with Gasteiger partial charge in [-0.3, -0.25) is 9.69 Å². The number of amides is 3. The summed E-state index contributed by atoms with van der Waals surface area (Å²) in [6, 6.07) is 16.0. The lowest BCUT2D eigenvalue weighted by Gasteiger charge is -2.23. The maximum absolute atomic E-state index is 12.7. The number of nitrogens with two attached hydrogens (primary N) is 1. The molecule has 1 aliphatic carbocycles. The van der Waals surface area contributed by atoms with E-state index in [2.05, 4.69) is 17.4 Å². The molecule has 170 valence electrons. The smallest absolute Gasteiger partial charge is 0.410 e. The zero-order valence-electron chi connectivity index (χ0n) is 18.6. The van der Waals surface area contributed by atoms with Crippen LogP contribution in [-0.4, -0.2) is 54.8 Å². The number of primary amides is 1. The number of fused-ring (bicyclic) bond motifs is 3. The molecule has 0 fully saturated rings. The van der Waals surface area contributed by atoms with Crippen LogP contribution in [0.5, 0.6) is 0 Å². The molecule has 0 aromatic heterocycles. The molecule has 8 nitrogen and oxygen atoms in total. The molecule has 3 N–H and O–H groups in total. The molecule has 32 heavy (non-hydrogen) atoms. The largest absolute Gasteiger partial charge is 0.448 e. The highest BCUT2D eigenvalue weighted by atomic mass is 16.6. The minimum absolute atomic E-state index is 0.0544. The van der Waals surface area contributed by atoms with Gasteiger partial charge in [0.25, 0.3) is 0 Å². The average Bonchev–Trinajstić information content (AvgIpc) is 3.03. The Labute approximate surface area is 187 Å². The number of alkyl carbamates (subject to hydrolysis) is 1. The number of hydrogen-bond donors (Lipinski definition) is 2. The Morgan fingerprint density at radius 1 is 1.00 bits per heavy atom. The first-order valence-corrected chi connectivity index (χ1v) is 10.5. The number of ether oxygens (including phenoxy) is 2. The number of carbonyl (C=O) groups excluding carboxylic acids is 3. The topological polar surface area (TPSA) is 111 Å². The second-order valence-corrected chi connectivity index (χ2v) is 8.62. The van der Waals surface area contributed by atoms with Crippen molar-refractivity contribution in [2.45, 2.75) is 32.3 Å². The molecule has 0 heterocycles. The Hall–Kier alpha value is -3.55. The van der Waals surface area contributed by atoms with E-state index in [0.29, 0.717) is 0 Å². The predicted molar refractivity (Wildman–Crippen MR) is 120 cm³/mol. The van der Waals surface area contributed by atoms with Crippen molar-refractivity contribution in [2.75, 3.05) is 26.2 Å². The minimum Gasteiger partial charge on any atom is -0.448 e. The molecule has 0 atom stereocenters.